The first kappa shape index (κ1) is 15.9. The van der Waals surface area contributed by atoms with Crippen LogP contribution in [0.25, 0.3) is 20.4 Å². The average Bonchev–Trinajstić information content (AvgIpc) is 3.21. The highest BCUT2D eigenvalue weighted by atomic mass is 32.2. The molecule has 1 N–H and O–H groups in total. The molecule has 4 aromatic rings. The Kier molecular flexibility index (Phi) is 4.03. The Bertz CT molecular complexity index is 1080. The zero-order valence-electron chi connectivity index (χ0n) is 13.0. The van der Waals surface area contributed by atoms with Crippen molar-refractivity contribution in [3.05, 3.63) is 27.7 Å². The van der Waals surface area contributed by atoms with Crippen molar-refractivity contribution in [1.82, 2.24) is 15.0 Å². The topological polar surface area (TPSA) is 67.8 Å². The lowest BCUT2D eigenvalue weighted by Crippen LogP contribution is -2.11. The van der Waals surface area contributed by atoms with E-state index in [2.05, 4.69) is 20.3 Å². The van der Waals surface area contributed by atoms with E-state index < -0.39 is 0 Å². The Morgan fingerprint density at radius 2 is 1.75 bits per heavy atom. The van der Waals surface area contributed by atoms with E-state index >= 15 is 0 Å². The Labute approximate surface area is 154 Å². The van der Waals surface area contributed by atoms with E-state index in [0.717, 1.165) is 35.5 Å². The third kappa shape index (κ3) is 2.71. The minimum atomic E-state index is -0.150. The van der Waals surface area contributed by atoms with Gasteiger partial charge in [0.05, 0.1) is 31.1 Å². The van der Waals surface area contributed by atoms with Gasteiger partial charge >= 0.3 is 0 Å². The van der Waals surface area contributed by atoms with Crippen molar-refractivity contribution in [3.8, 4) is 0 Å². The number of carbonyl (C=O) groups is 1. The van der Waals surface area contributed by atoms with Gasteiger partial charge in [-0.2, -0.15) is 0 Å². The SMILES string of the molecule is CSc1nc2ccc3nc(NC(=O)c4sc(C)nc4C)sc3c2s1. The molecule has 1 amide bonds. The first-order valence-electron chi connectivity index (χ1n) is 7.04. The van der Waals surface area contributed by atoms with Crippen molar-refractivity contribution >= 4 is 77.2 Å². The van der Waals surface area contributed by atoms with Gasteiger partial charge < -0.3 is 0 Å². The fourth-order valence-corrected chi connectivity index (χ4v) is 5.86. The van der Waals surface area contributed by atoms with Gasteiger partial charge in [0.2, 0.25) is 0 Å². The van der Waals surface area contributed by atoms with Crippen molar-refractivity contribution < 1.29 is 4.79 Å². The number of anilines is 1. The molecule has 3 heterocycles. The summed E-state index contributed by atoms with van der Waals surface area (Å²) in [4.78, 5) is 26.5. The van der Waals surface area contributed by atoms with Crippen molar-refractivity contribution in [2.75, 3.05) is 11.6 Å². The van der Waals surface area contributed by atoms with Gasteiger partial charge in [-0.05, 0) is 32.2 Å². The highest BCUT2D eigenvalue weighted by Gasteiger charge is 2.17. The summed E-state index contributed by atoms with van der Waals surface area (Å²) >= 11 is 6.19. The molecule has 4 rings (SSSR count). The van der Waals surface area contributed by atoms with Crippen LogP contribution in [0.15, 0.2) is 16.5 Å². The first-order valence-corrected chi connectivity index (χ1v) is 10.7. The molecule has 0 aliphatic carbocycles. The number of hydrogen-bond donors (Lipinski definition) is 1. The van der Waals surface area contributed by atoms with Crippen LogP contribution in [0.2, 0.25) is 0 Å². The monoisotopic (exact) mass is 392 g/mol. The molecular formula is C15H12N4OS4. The molecule has 0 fully saturated rings. The van der Waals surface area contributed by atoms with Gasteiger partial charge in [-0.25, -0.2) is 15.0 Å². The number of hydrogen-bond acceptors (Lipinski definition) is 8. The number of benzene rings is 1. The summed E-state index contributed by atoms with van der Waals surface area (Å²) in [5.41, 5.74) is 2.62. The number of fused-ring (bicyclic) bond motifs is 3. The lowest BCUT2D eigenvalue weighted by atomic mass is 10.3. The van der Waals surface area contributed by atoms with Gasteiger partial charge in [-0.3, -0.25) is 10.1 Å². The molecule has 0 radical (unpaired) electrons. The van der Waals surface area contributed by atoms with E-state index in [1.165, 1.54) is 22.7 Å². The quantitative estimate of drug-likeness (QED) is 0.500. The van der Waals surface area contributed by atoms with Crippen molar-refractivity contribution in [2.45, 2.75) is 18.2 Å². The second-order valence-electron chi connectivity index (χ2n) is 5.07. The van der Waals surface area contributed by atoms with Crippen LogP contribution < -0.4 is 5.32 Å². The summed E-state index contributed by atoms with van der Waals surface area (Å²) in [7, 11) is 0. The molecule has 9 heteroatoms. The number of nitrogens with one attached hydrogen (secondary N) is 1. The molecule has 5 nitrogen and oxygen atoms in total. The van der Waals surface area contributed by atoms with E-state index in [4.69, 9.17) is 0 Å². The number of aromatic nitrogens is 3. The van der Waals surface area contributed by atoms with E-state index in [1.54, 1.807) is 23.1 Å². The van der Waals surface area contributed by atoms with Crippen LogP contribution in [0, 0.1) is 13.8 Å². The summed E-state index contributed by atoms with van der Waals surface area (Å²) in [6, 6.07) is 3.94. The van der Waals surface area contributed by atoms with E-state index in [1.807, 2.05) is 32.2 Å². The second kappa shape index (κ2) is 6.07. The van der Waals surface area contributed by atoms with E-state index in [9.17, 15) is 4.79 Å². The van der Waals surface area contributed by atoms with Gasteiger partial charge in [0.25, 0.3) is 5.91 Å². The maximum Gasteiger partial charge on any atom is 0.269 e. The molecule has 24 heavy (non-hydrogen) atoms. The fourth-order valence-electron chi connectivity index (χ4n) is 2.39. The van der Waals surface area contributed by atoms with Crippen LogP contribution in [0.5, 0.6) is 0 Å². The maximum atomic E-state index is 12.5. The van der Waals surface area contributed by atoms with Crippen LogP contribution >= 0.6 is 45.8 Å². The van der Waals surface area contributed by atoms with Gasteiger partial charge in [-0.1, -0.05) is 23.1 Å². The zero-order valence-corrected chi connectivity index (χ0v) is 16.3. The standard InChI is InChI=1S/C15H12N4OS4/c1-6-10(22-7(2)16-6)13(20)19-14-17-8-4-5-9-12(11(8)23-14)24-15(18-9)21-3/h4-5H,1-3H3,(H,17,19,20). The predicted molar refractivity (Wildman–Crippen MR) is 104 cm³/mol. The summed E-state index contributed by atoms with van der Waals surface area (Å²) in [5, 5.41) is 4.40. The number of thioether (sulfide) groups is 1. The molecule has 3 aromatic heterocycles. The molecule has 0 unspecified atom stereocenters. The number of thiazole rings is 3. The number of amides is 1. The molecule has 0 bridgehead atoms. The lowest BCUT2D eigenvalue weighted by Gasteiger charge is -1.98. The van der Waals surface area contributed by atoms with Crippen LogP contribution in [0.3, 0.4) is 0 Å². The number of rotatable bonds is 3. The lowest BCUT2D eigenvalue weighted by molar-refractivity contribution is 0.103. The Hall–Kier alpha value is -1.55. The van der Waals surface area contributed by atoms with Gasteiger partial charge in [0, 0.05) is 0 Å². The molecule has 0 atom stereocenters. The Balaban J connectivity index is 1.72. The van der Waals surface area contributed by atoms with E-state index in [0.29, 0.717) is 10.0 Å². The van der Waals surface area contributed by atoms with Crippen LogP contribution in [0.1, 0.15) is 20.4 Å². The van der Waals surface area contributed by atoms with Crippen molar-refractivity contribution in [1.29, 1.82) is 0 Å². The van der Waals surface area contributed by atoms with E-state index in [-0.39, 0.29) is 5.91 Å². The second-order valence-corrected chi connectivity index (χ2v) is 9.32. The minimum Gasteiger partial charge on any atom is -0.297 e. The number of nitrogens with zero attached hydrogens (tertiary/aromatic N) is 3. The van der Waals surface area contributed by atoms with Crippen LogP contribution in [0.4, 0.5) is 5.13 Å². The summed E-state index contributed by atoms with van der Waals surface area (Å²) in [6.07, 6.45) is 2.02. The first-order chi connectivity index (χ1) is 11.5. The minimum absolute atomic E-state index is 0.150. The summed E-state index contributed by atoms with van der Waals surface area (Å²) < 4.78 is 3.23. The van der Waals surface area contributed by atoms with Crippen molar-refractivity contribution in [3.63, 3.8) is 0 Å². The normalized spacial score (nSPS) is 11.5. The number of carbonyl (C=O) groups excluding carboxylic acids is 1. The van der Waals surface area contributed by atoms with Crippen LogP contribution in [-0.4, -0.2) is 27.1 Å². The summed E-state index contributed by atoms with van der Waals surface area (Å²) in [6.45, 7) is 3.75. The predicted octanol–water partition coefficient (Wildman–Crippen LogP) is 4.95. The molecule has 0 aliphatic rings. The smallest absolute Gasteiger partial charge is 0.269 e. The third-order valence-electron chi connectivity index (χ3n) is 3.40. The number of aryl methyl sites for hydroxylation is 2. The zero-order chi connectivity index (χ0) is 16.8. The third-order valence-corrected chi connectivity index (χ3v) is 7.68. The highest BCUT2D eigenvalue weighted by molar-refractivity contribution is 8.00. The maximum absolute atomic E-state index is 12.5. The largest absolute Gasteiger partial charge is 0.297 e. The van der Waals surface area contributed by atoms with Crippen molar-refractivity contribution in [2.24, 2.45) is 0 Å². The van der Waals surface area contributed by atoms with Gasteiger partial charge in [0.15, 0.2) is 9.47 Å². The highest BCUT2D eigenvalue weighted by Crippen LogP contribution is 2.38. The molecule has 0 saturated carbocycles. The molecule has 0 spiro atoms. The Morgan fingerprint density at radius 3 is 2.42 bits per heavy atom. The van der Waals surface area contributed by atoms with Gasteiger partial charge in [0.1, 0.15) is 4.88 Å². The van der Waals surface area contributed by atoms with Crippen LogP contribution in [-0.2, 0) is 0 Å². The van der Waals surface area contributed by atoms with Gasteiger partial charge in [-0.15, -0.1) is 22.7 Å². The fraction of sp³-hybridized carbons (Fsp3) is 0.200. The molecule has 122 valence electrons. The molecular weight excluding hydrogens is 380 g/mol. The average molecular weight is 393 g/mol. The molecule has 0 saturated heterocycles. The summed E-state index contributed by atoms with van der Waals surface area (Å²) in [5.74, 6) is -0.150. The Morgan fingerprint density at radius 1 is 1.04 bits per heavy atom. The molecule has 0 aliphatic heterocycles. The molecule has 1 aromatic carbocycles.